The van der Waals surface area contributed by atoms with E-state index in [1.807, 2.05) is 0 Å². The van der Waals surface area contributed by atoms with E-state index in [4.69, 9.17) is 5.73 Å². The van der Waals surface area contributed by atoms with Crippen LogP contribution in [0.3, 0.4) is 0 Å². The molecule has 5 N–H and O–H groups in total. The highest BCUT2D eigenvalue weighted by Gasteiger charge is 2.25. The molecule has 0 radical (unpaired) electrons. The molecule has 2 atom stereocenters. The van der Waals surface area contributed by atoms with Crippen molar-refractivity contribution in [2.75, 3.05) is 24.6 Å². The van der Waals surface area contributed by atoms with Crippen LogP contribution in [0, 0.1) is 5.92 Å². The van der Waals surface area contributed by atoms with Gasteiger partial charge in [0.2, 0.25) is 10.0 Å². The fraction of sp³-hybridized carbons (Fsp3) is 0.538. The Morgan fingerprint density at radius 2 is 2.15 bits per heavy atom. The van der Waals surface area contributed by atoms with Gasteiger partial charge >= 0.3 is 0 Å². The summed E-state index contributed by atoms with van der Waals surface area (Å²) in [6.07, 6.45) is 2.48. The molecule has 1 aliphatic carbocycles. The van der Waals surface area contributed by atoms with Crippen LogP contribution in [0.5, 0.6) is 0 Å². The van der Waals surface area contributed by atoms with Gasteiger partial charge in [0.05, 0.1) is 11.8 Å². The van der Waals surface area contributed by atoms with E-state index in [0.29, 0.717) is 17.9 Å². The molecule has 112 valence electrons. The van der Waals surface area contributed by atoms with Crippen LogP contribution in [0.15, 0.2) is 23.1 Å². The van der Waals surface area contributed by atoms with Crippen LogP contribution in [0.2, 0.25) is 0 Å². The summed E-state index contributed by atoms with van der Waals surface area (Å²) in [6.45, 7) is 0.553. The first-order valence-electron chi connectivity index (χ1n) is 6.69. The molecule has 0 aliphatic heterocycles. The zero-order valence-corrected chi connectivity index (χ0v) is 12.3. The highest BCUT2D eigenvalue weighted by molar-refractivity contribution is 7.89. The van der Waals surface area contributed by atoms with Crippen LogP contribution in [0.4, 0.5) is 11.4 Å². The molecule has 0 bridgehead atoms. The van der Waals surface area contributed by atoms with Gasteiger partial charge in [0.25, 0.3) is 0 Å². The van der Waals surface area contributed by atoms with Crippen molar-refractivity contribution in [3.63, 3.8) is 0 Å². The lowest BCUT2D eigenvalue weighted by Crippen LogP contribution is -2.24. The summed E-state index contributed by atoms with van der Waals surface area (Å²) < 4.78 is 26.2. The van der Waals surface area contributed by atoms with E-state index in [-0.39, 0.29) is 16.9 Å². The molecule has 1 aromatic carbocycles. The van der Waals surface area contributed by atoms with Gasteiger partial charge in [-0.3, -0.25) is 0 Å². The maximum absolute atomic E-state index is 12.0. The molecule has 1 fully saturated rings. The molecule has 0 aromatic heterocycles. The van der Waals surface area contributed by atoms with Crippen molar-refractivity contribution in [1.82, 2.24) is 4.72 Å². The highest BCUT2D eigenvalue weighted by Crippen LogP contribution is 2.28. The molecule has 0 amide bonds. The number of aliphatic hydroxyl groups excluding tert-OH is 1. The minimum absolute atomic E-state index is 0.132. The fourth-order valence-corrected chi connectivity index (χ4v) is 3.45. The minimum Gasteiger partial charge on any atom is -0.399 e. The summed E-state index contributed by atoms with van der Waals surface area (Å²) in [4.78, 5) is 0.132. The second-order valence-corrected chi connectivity index (χ2v) is 6.96. The number of aliphatic hydroxyl groups is 1. The van der Waals surface area contributed by atoms with E-state index < -0.39 is 10.0 Å². The number of benzene rings is 1. The average Bonchev–Trinajstić information content (AvgIpc) is 2.83. The molecule has 6 nitrogen and oxygen atoms in total. The summed E-state index contributed by atoms with van der Waals surface area (Å²) in [5, 5.41) is 12.9. The van der Waals surface area contributed by atoms with Gasteiger partial charge in [0.15, 0.2) is 0 Å². The summed E-state index contributed by atoms with van der Waals surface area (Å²) in [5.41, 5.74) is 6.56. The van der Waals surface area contributed by atoms with E-state index in [1.54, 1.807) is 12.1 Å². The molecule has 20 heavy (non-hydrogen) atoms. The number of nitrogens with one attached hydrogen (secondary N) is 2. The van der Waals surface area contributed by atoms with Crippen molar-refractivity contribution in [2.45, 2.75) is 30.3 Å². The summed E-state index contributed by atoms with van der Waals surface area (Å²) in [7, 11) is -2.20. The summed E-state index contributed by atoms with van der Waals surface area (Å²) in [5.74, 6) is 0.165. The average molecular weight is 299 g/mol. The van der Waals surface area contributed by atoms with Crippen LogP contribution in [-0.4, -0.2) is 33.2 Å². The third-order valence-electron chi connectivity index (χ3n) is 3.74. The first-order chi connectivity index (χ1) is 9.44. The lowest BCUT2D eigenvalue weighted by Gasteiger charge is -2.18. The molecule has 0 heterocycles. The van der Waals surface area contributed by atoms with Gasteiger partial charge in [-0.15, -0.1) is 0 Å². The fourth-order valence-electron chi connectivity index (χ4n) is 2.51. The van der Waals surface area contributed by atoms with Gasteiger partial charge in [-0.25, -0.2) is 13.1 Å². The SMILES string of the molecule is CNS(=O)(=O)c1cc(N)ccc1NCC1CCCC1O. The second-order valence-electron chi connectivity index (χ2n) is 5.10. The Bertz CT molecular complexity index is 574. The molecule has 1 aliphatic rings. The third-order valence-corrected chi connectivity index (χ3v) is 5.19. The number of rotatable bonds is 5. The number of nitrogens with two attached hydrogens (primary N) is 1. The van der Waals surface area contributed by atoms with Crippen molar-refractivity contribution in [3.8, 4) is 0 Å². The number of hydrogen-bond donors (Lipinski definition) is 4. The van der Waals surface area contributed by atoms with E-state index in [0.717, 1.165) is 19.3 Å². The van der Waals surface area contributed by atoms with Crippen LogP contribution >= 0.6 is 0 Å². The standard InChI is InChI=1S/C13H21N3O3S/c1-15-20(18,19)13-7-10(14)5-6-11(13)16-8-9-3-2-4-12(9)17/h5-7,9,12,15-17H,2-4,8,14H2,1H3. The van der Waals surface area contributed by atoms with Gasteiger partial charge in [0.1, 0.15) is 4.90 Å². The van der Waals surface area contributed by atoms with Crippen molar-refractivity contribution in [3.05, 3.63) is 18.2 Å². The zero-order chi connectivity index (χ0) is 14.8. The monoisotopic (exact) mass is 299 g/mol. The van der Waals surface area contributed by atoms with Gasteiger partial charge in [-0.05, 0) is 38.1 Å². The first-order valence-corrected chi connectivity index (χ1v) is 8.17. The topological polar surface area (TPSA) is 104 Å². The smallest absolute Gasteiger partial charge is 0.242 e. The molecule has 1 aromatic rings. The molecule has 1 saturated carbocycles. The predicted octanol–water partition coefficient (Wildman–Crippen LogP) is 0.750. The van der Waals surface area contributed by atoms with Gasteiger partial charge in [-0.2, -0.15) is 0 Å². The van der Waals surface area contributed by atoms with Crippen LogP contribution < -0.4 is 15.8 Å². The Hall–Kier alpha value is -1.31. The number of hydrogen-bond acceptors (Lipinski definition) is 5. The third kappa shape index (κ3) is 3.23. The van der Waals surface area contributed by atoms with Crippen LogP contribution in [0.1, 0.15) is 19.3 Å². The summed E-state index contributed by atoms with van der Waals surface area (Å²) >= 11 is 0. The molecule has 0 spiro atoms. The van der Waals surface area contributed by atoms with E-state index in [9.17, 15) is 13.5 Å². The van der Waals surface area contributed by atoms with Gasteiger partial charge in [0, 0.05) is 18.2 Å². The van der Waals surface area contributed by atoms with Crippen LogP contribution in [0.25, 0.3) is 0 Å². The molecule has 2 rings (SSSR count). The van der Waals surface area contributed by atoms with Crippen molar-refractivity contribution in [1.29, 1.82) is 0 Å². The molecule has 7 heteroatoms. The largest absolute Gasteiger partial charge is 0.399 e. The Morgan fingerprint density at radius 3 is 2.75 bits per heavy atom. The van der Waals surface area contributed by atoms with E-state index >= 15 is 0 Å². The number of nitrogen functional groups attached to an aromatic ring is 1. The Morgan fingerprint density at radius 1 is 1.40 bits per heavy atom. The second kappa shape index (κ2) is 5.99. The molecular weight excluding hydrogens is 278 g/mol. The zero-order valence-electron chi connectivity index (χ0n) is 11.5. The van der Waals surface area contributed by atoms with Gasteiger partial charge < -0.3 is 16.2 Å². The molecule has 2 unspecified atom stereocenters. The normalized spacial score (nSPS) is 22.9. The van der Waals surface area contributed by atoms with E-state index in [1.165, 1.54) is 13.1 Å². The quantitative estimate of drug-likeness (QED) is 0.601. The van der Waals surface area contributed by atoms with E-state index in [2.05, 4.69) is 10.0 Å². The van der Waals surface area contributed by atoms with Crippen molar-refractivity contribution < 1.29 is 13.5 Å². The lowest BCUT2D eigenvalue weighted by molar-refractivity contribution is 0.138. The summed E-state index contributed by atoms with van der Waals surface area (Å²) in [6, 6.07) is 4.74. The lowest BCUT2D eigenvalue weighted by atomic mass is 10.1. The molecule has 0 saturated heterocycles. The number of sulfonamides is 1. The highest BCUT2D eigenvalue weighted by atomic mass is 32.2. The maximum atomic E-state index is 12.0. The van der Waals surface area contributed by atoms with Crippen molar-refractivity contribution in [2.24, 2.45) is 5.92 Å². The van der Waals surface area contributed by atoms with Crippen molar-refractivity contribution >= 4 is 21.4 Å². The van der Waals surface area contributed by atoms with Crippen LogP contribution in [-0.2, 0) is 10.0 Å². The molecular formula is C13H21N3O3S. The Balaban J connectivity index is 2.19. The maximum Gasteiger partial charge on any atom is 0.242 e. The first kappa shape index (κ1) is 15.1. The predicted molar refractivity (Wildman–Crippen MR) is 78.9 cm³/mol. The Kier molecular flexibility index (Phi) is 4.52. The Labute approximate surface area is 119 Å². The number of anilines is 2. The van der Waals surface area contributed by atoms with Gasteiger partial charge in [-0.1, -0.05) is 6.42 Å². The minimum atomic E-state index is -3.57.